The Morgan fingerprint density at radius 1 is 1.00 bits per heavy atom. The molecule has 0 heterocycles. The fourth-order valence-electron chi connectivity index (χ4n) is 1.84. The zero-order valence-corrected chi connectivity index (χ0v) is 12.8. The molecule has 2 aromatic carbocycles. The number of allylic oxidation sites excluding steroid dienone is 1. The molecule has 0 radical (unpaired) electrons. The van der Waals surface area contributed by atoms with Crippen LogP contribution in [0.25, 0.3) is 0 Å². The van der Waals surface area contributed by atoms with Gasteiger partial charge in [0.25, 0.3) is 5.91 Å². The summed E-state index contributed by atoms with van der Waals surface area (Å²) in [5, 5.41) is 3.10. The van der Waals surface area contributed by atoms with Crippen LogP contribution in [0.15, 0.2) is 72.4 Å². The maximum absolute atomic E-state index is 11.7. The van der Waals surface area contributed by atoms with Crippen LogP contribution in [0.1, 0.15) is 22.8 Å². The summed E-state index contributed by atoms with van der Waals surface area (Å²) in [5.74, 6) is -1.12. The first-order valence-corrected chi connectivity index (χ1v) is 7.17. The maximum atomic E-state index is 11.7. The highest BCUT2D eigenvalue weighted by atomic mass is 16.7. The Morgan fingerprint density at radius 2 is 1.61 bits per heavy atom. The first-order chi connectivity index (χ1) is 11.1. The van der Waals surface area contributed by atoms with Crippen molar-refractivity contribution in [1.29, 1.82) is 0 Å². The molecule has 0 fully saturated rings. The third kappa shape index (κ3) is 5.67. The highest BCUT2D eigenvalue weighted by molar-refractivity contribution is 5.94. The molecule has 0 aliphatic carbocycles. The van der Waals surface area contributed by atoms with Crippen LogP contribution >= 0.6 is 0 Å². The SMILES string of the molecule is C/C(=C\C(=O)ONC(=O)c1ccccc1)NCc1ccccc1. The van der Waals surface area contributed by atoms with Crippen molar-refractivity contribution in [1.82, 2.24) is 10.8 Å². The van der Waals surface area contributed by atoms with E-state index in [4.69, 9.17) is 4.84 Å². The van der Waals surface area contributed by atoms with Crippen molar-refractivity contribution in [3.05, 3.63) is 83.6 Å². The summed E-state index contributed by atoms with van der Waals surface area (Å²) in [4.78, 5) is 28.1. The summed E-state index contributed by atoms with van der Waals surface area (Å²) in [6.45, 7) is 2.36. The largest absolute Gasteiger partial charge is 0.384 e. The number of rotatable bonds is 5. The number of carbonyl (C=O) groups is 2. The topological polar surface area (TPSA) is 67.4 Å². The van der Waals surface area contributed by atoms with Crippen LogP contribution in [0.4, 0.5) is 0 Å². The van der Waals surface area contributed by atoms with Gasteiger partial charge in [-0.2, -0.15) is 5.48 Å². The smallest absolute Gasteiger partial charge is 0.357 e. The first-order valence-electron chi connectivity index (χ1n) is 7.17. The second-order valence-corrected chi connectivity index (χ2v) is 4.88. The van der Waals surface area contributed by atoms with Gasteiger partial charge in [0.05, 0.1) is 0 Å². The van der Waals surface area contributed by atoms with Gasteiger partial charge in [-0.25, -0.2) is 4.79 Å². The monoisotopic (exact) mass is 310 g/mol. The molecule has 0 aliphatic rings. The molecule has 0 aromatic heterocycles. The molecule has 0 aliphatic heterocycles. The quantitative estimate of drug-likeness (QED) is 0.658. The molecule has 0 saturated heterocycles. The minimum atomic E-state index is -0.646. The molecular formula is C18H18N2O3. The molecule has 5 nitrogen and oxygen atoms in total. The minimum absolute atomic E-state index is 0.420. The van der Waals surface area contributed by atoms with E-state index in [1.807, 2.05) is 30.3 Å². The standard InChI is InChI=1S/C18H18N2O3/c1-14(19-13-15-8-4-2-5-9-15)12-17(21)23-20-18(22)16-10-6-3-7-11-16/h2-12,19H,13H2,1H3,(H,20,22)/b14-12+. The van der Waals surface area contributed by atoms with E-state index >= 15 is 0 Å². The molecule has 5 heteroatoms. The second kappa shape index (κ2) is 8.38. The van der Waals surface area contributed by atoms with Gasteiger partial charge in [0, 0.05) is 23.9 Å². The number of carbonyl (C=O) groups excluding carboxylic acids is 2. The third-order valence-electron chi connectivity index (χ3n) is 3.03. The molecule has 0 unspecified atom stereocenters. The van der Waals surface area contributed by atoms with Gasteiger partial charge >= 0.3 is 5.97 Å². The van der Waals surface area contributed by atoms with Crippen LogP contribution in [0.2, 0.25) is 0 Å². The minimum Gasteiger partial charge on any atom is -0.384 e. The van der Waals surface area contributed by atoms with E-state index in [0.29, 0.717) is 17.8 Å². The van der Waals surface area contributed by atoms with Gasteiger partial charge in [-0.3, -0.25) is 4.79 Å². The third-order valence-corrected chi connectivity index (χ3v) is 3.03. The number of amides is 1. The van der Waals surface area contributed by atoms with Gasteiger partial charge in [-0.15, -0.1) is 0 Å². The van der Waals surface area contributed by atoms with Crippen molar-refractivity contribution < 1.29 is 14.4 Å². The molecule has 2 rings (SSSR count). The first kappa shape index (κ1) is 16.3. The van der Waals surface area contributed by atoms with Crippen LogP contribution in [-0.2, 0) is 16.2 Å². The zero-order valence-electron chi connectivity index (χ0n) is 12.8. The Balaban J connectivity index is 1.78. The van der Waals surface area contributed by atoms with Gasteiger partial charge < -0.3 is 10.2 Å². The van der Waals surface area contributed by atoms with Crippen LogP contribution in [0.5, 0.6) is 0 Å². The number of hydrogen-bond acceptors (Lipinski definition) is 4. The predicted molar refractivity (Wildman–Crippen MR) is 87.0 cm³/mol. The molecule has 2 N–H and O–H groups in total. The number of benzene rings is 2. The van der Waals surface area contributed by atoms with Crippen molar-refractivity contribution >= 4 is 11.9 Å². The van der Waals surface area contributed by atoms with Gasteiger partial charge in [0.2, 0.25) is 0 Å². The van der Waals surface area contributed by atoms with Gasteiger partial charge in [0.1, 0.15) is 0 Å². The highest BCUT2D eigenvalue weighted by Crippen LogP contribution is 2.00. The van der Waals surface area contributed by atoms with Gasteiger partial charge in [0.15, 0.2) is 0 Å². The fraction of sp³-hybridized carbons (Fsp3) is 0.111. The molecule has 0 saturated carbocycles. The molecule has 118 valence electrons. The van der Waals surface area contributed by atoms with E-state index in [1.165, 1.54) is 6.08 Å². The van der Waals surface area contributed by atoms with E-state index < -0.39 is 11.9 Å². The fourth-order valence-corrected chi connectivity index (χ4v) is 1.84. The van der Waals surface area contributed by atoms with E-state index in [-0.39, 0.29) is 0 Å². The average Bonchev–Trinajstić information content (AvgIpc) is 2.59. The maximum Gasteiger partial charge on any atom is 0.357 e. The van der Waals surface area contributed by atoms with Gasteiger partial charge in [-0.05, 0) is 24.6 Å². The Bertz CT molecular complexity index is 682. The lowest BCUT2D eigenvalue weighted by molar-refractivity contribution is -0.142. The lowest BCUT2D eigenvalue weighted by Gasteiger charge is -2.07. The molecule has 0 bridgehead atoms. The summed E-state index contributed by atoms with van der Waals surface area (Å²) >= 11 is 0. The molecule has 0 spiro atoms. The van der Waals surface area contributed by atoms with Crippen LogP contribution in [0.3, 0.4) is 0 Å². The summed E-state index contributed by atoms with van der Waals surface area (Å²) in [6, 6.07) is 18.3. The summed E-state index contributed by atoms with van der Waals surface area (Å²) in [7, 11) is 0. The normalized spacial score (nSPS) is 10.7. The van der Waals surface area contributed by atoms with Crippen molar-refractivity contribution in [3.63, 3.8) is 0 Å². The lowest BCUT2D eigenvalue weighted by Crippen LogP contribution is -2.26. The highest BCUT2D eigenvalue weighted by Gasteiger charge is 2.07. The predicted octanol–water partition coefficient (Wildman–Crippen LogP) is 2.57. The summed E-state index contributed by atoms with van der Waals surface area (Å²) in [6.07, 6.45) is 1.29. The van der Waals surface area contributed by atoms with Crippen LogP contribution in [0, 0.1) is 0 Å². The number of hydroxylamine groups is 1. The van der Waals surface area contributed by atoms with Crippen molar-refractivity contribution in [2.45, 2.75) is 13.5 Å². The number of nitrogens with one attached hydrogen (secondary N) is 2. The molecule has 2 aromatic rings. The average molecular weight is 310 g/mol. The molecule has 0 atom stereocenters. The lowest BCUT2D eigenvalue weighted by atomic mass is 10.2. The Hall–Kier alpha value is -3.08. The Kier molecular flexibility index (Phi) is 5.94. The summed E-state index contributed by atoms with van der Waals surface area (Å²) in [5.41, 5.74) is 4.29. The van der Waals surface area contributed by atoms with Crippen molar-refractivity contribution in [2.24, 2.45) is 0 Å². The van der Waals surface area contributed by atoms with Crippen molar-refractivity contribution in [2.75, 3.05) is 0 Å². The van der Waals surface area contributed by atoms with E-state index in [1.54, 1.807) is 37.3 Å². The van der Waals surface area contributed by atoms with E-state index in [0.717, 1.165) is 5.56 Å². The number of hydrogen-bond donors (Lipinski definition) is 2. The van der Waals surface area contributed by atoms with Crippen LogP contribution in [-0.4, -0.2) is 11.9 Å². The zero-order chi connectivity index (χ0) is 16.5. The second-order valence-electron chi connectivity index (χ2n) is 4.88. The van der Waals surface area contributed by atoms with E-state index in [2.05, 4.69) is 10.8 Å². The van der Waals surface area contributed by atoms with E-state index in [9.17, 15) is 9.59 Å². The molecule has 1 amide bonds. The molecule has 23 heavy (non-hydrogen) atoms. The van der Waals surface area contributed by atoms with Crippen molar-refractivity contribution in [3.8, 4) is 0 Å². The Labute approximate surface area is 134 Å². The van der Waals surface area contributed by atoms with Gasteiger partial charge in [-0.1, -0.05) is 48.5 Å². The van der Waals surface area contributed by atoms with Crippen LogP contribution < -0.4 is 10.8 Å². The molecular weight excluding hydrogens is 292 g/mol. The Morgan fingerprint density at radius 3 is 2.26 bits per heavy atom. The summed E-state index contributed by atoms with van der Waals surface area (Å²) < 4.78 is 0.